The van der Waals surface area contributed by atoms with Crippen molar-refractivity contribution in [1.29, 1.82) is 0 Å². The highest BCUT2D eigenvalue weighted by molar-refractivity contribution is 5.96. The van der Waals surface area contributed by atoms with Crippen LogP contribution in [0.3, 0.4) is 0 Å². The molecule has 2 rings (SSSR count). The van der Waals surface area contributed by atoms with E-state index in [1.165, 1.54) is 33.3 Å². The standard InChI is InChI=1S/C20H22N2O6/c1-12-17(26-3)9-14(10-18(12)27-4)20(25)28-11-19(24)22-16-7-5-15(6-8-16)21-13(2)23/h5-10H,11H2,1-4H3,(H,21,23)(H,22,24). The second kappa shape index (κ2) is 9.40. The maximum absolute atomic E-state index is 12.2. The molecule has 2 amide bonds. The molecule has 0 unspecified atom stereocenters. The van der Waals surface area contributed by atoms with Gasteiger partial charge in [-0.3, -0.25) is 9.59 Å². The van der Waals surface area contributed by atoms with Crippen LogP contribution in [0.4, 0.5) is 11.4 Å². The van der Waals surface area contributed by atoms with Crippen LogP contribution in [-0.4, -0.2) is 38.6 Å². The lowest BCUT2D eigenvalue weighted by Crippen LogP contribution is -2.21. The molecule has 0 aliphatic rings. The van der Waals surface area contributed by atoms with Crippen molar-refractivity contribution < 1.29 is 28.6 Å². The molecule has 2 aromatic rings. The van der Waals surface area contributed by atoms with Gasteiger partial charge in [0.1, 0.15) is 11.5 Å². The van der Waals surface area contributed by atoms with Crippen LogP contribution in [0, 0.1) is 6.92 Å². The Kier molecular flexibility index (Phi) is 6.97. The fourth-order valence-corrected chi connectivity index (χ4v) is 2.46. The zero-order valence-electron chi connectivity index (χ0n) is 16.1. The molecule has 2 N–H and O–H groups in total. The highest BCUT2D eigenvalue weighted by Crippen LogP contribution is 2.29. The molecule has 28 heavy (non-hydrogen) atoms. The van der Waals surface area contributed by atoms with Crippen LogP contribution in [0.1, 0.15) is 22.8 Å². The molecule has 0 fully saturated rings. The van der Waals surface area contributed by atoms with Crippen LogP contribution in [0.2, 0.25) is 0 Å². The third-order valence-corrected chi connectivity index (χ3v) is 3.81. The molecule has 0 aromatic heterocycles. The van der Waals surface area contributed by atoms with E-state index < -0.39 is 18.5 Å². The Labute approximate surface area is 162 Å². The first-order valence-electron chi connectivity index (χ1n) is 8.41. The summed E-state index contributed by atoms with van der Waals surface area (Å²) in [6.07, 6.45) is 0. The number of carbonyl (C=O) groups is 3. The first kappa shape index (κ1) is 20.8. The molecule has 0 heterocycles. The van der Waals surface area contributed by atoms with Crippen molar-refractivity contribution in [1.82, 2.24) is 0 Å². The number of benzene rings is 2. The zero-order chi connectivity index (χ0) is 20.7. The van der Waals surface area contributed by atoms with Gasteiger partial charge >= 0.3 is 5.97 Å². The number of methoxy groups -OCH3 is 2. The molecule has 0 atom stereocenters. The van der Waals surface area contributed by atoms with Gasteiger partial charge in [0, 0.05) is 23.9 Å². The Morgan fingerprint density at radius 3 is 1.86 bits per heavy atom. The van der Waals surface area contributed by atoms with Crippen LogP contribution in [0.15, 0.2) is 36.4 Å². The number of amides is 2. The van der Waals surface area contributed by atoms with Crippen LogP contribution < -0.4 is 20.1 Å². The lowest BCUT2D eigenvalue weighted by atomic mass is 10.1. The summed E-state index contributed by atoms with van der Waals surface area (Å²) in [5.41, 5.74) is 2.08. The molecular formula is C20H22N2O6. The monoisotopic (exact) mass is 386 g/mol. The number of ether oxygens (including phenoxy) is 3. The average Bonchev–Trinajstić information content (AvgIpc) is 2.67. The molecule has 0 radical (unpaired) electrons. The molecule has 148 valence electrons. The summed E-state index contributed by atoms with van der Waals surface area (Å²) in [5.74, 6) is -0.391. The number of nitrogens with one attached hydrogen (secondary N) is 2. The van der Waals surface area contributed by atoms with Gasteiger partial charge in [0.25, 0.3) is 5.91 Å². The lowest BCUT2D eigenvalue weighted by Gasteiger charge is -2.12. The molecule has 2 aromatic carbocycles. The molecule has 0 spiro atoms. The number of carbonyl (C=O) groups excluding carboxylic acids is 3. The van der Waals surface area contributed by atoms with Gasteiger partial charge in [0.15, 0.2) is 6.61 Å². The molecule has 0 aliphatic carbocycles. The first-order chi connectivity index (χ1) is 13.3. The molecule has 0 saturated heterocycles. The van der Waals surface area contributed by atoms with Crippen molar-refractivity contribution in [3.63, 3.8) is 0 Å². The van der Waals surface area contributed by atoms with Gasteiger partial charge in [-0.2, -0.15) is 0 Å². The van der Waals surface area contributed by atoms with Crippen LogP contribution in [-0.2, 0) is 14.3 Å². The number of hydrogen-bond donors (Lipinski definition) is 2. The van der Waals surface area contributed by atoms with Crippen molar-refractivity contribution in [2.45, 2.75) is 13.8 Å². The van der Waals surface area contributed by atoms with Crippen LogP contribution in [0.5, 0.6) is 11.5 Å². The third kappa shape index (κ3) is 5.47. The fourth-order valence-electron chi connectivity index (χ4n) is 2.46. The molecule has 0 bridgehead atoms. The largest absolute Gasteiger partial charge is 0.496 e. The Morgan fingerprint density at radius 1 is 0.893 bits per heavy atom. The molecule has 0 aliphatic heterocycles. The SMILES string of the molecule is COc1cc(C(=O)OCC(=O)Nc2ccc(NC(C)=O)cc2)cc(OC)c1C. The average molecular weight is 386 g/mol. The maximum atomic E-state index is 12.2. The van der Waals surface area contributed by atoms with E-state index in [4.69, 9.17) is 14.2 Å². The zero-order valence-corrected chi connectivity index (χ0v) is 16.1. The Morgan fingerprint density at radius 2 is 1.39 bits per heavy atom. The summed E-state index contributed by atoms with van der Waals surface area (Å²) >= 11 is 0. The van der Waals surface area contributed by atoms with Gasteiger partial charge in [-0.15, -0.1) is 0 Å². The highest BCUT2D eigenvalue weighted by atomic mass is 16.5. The third-order valence-electron chi connectivity index (χ3n) is 3.81. The van der Waals surface area contributed by atoms with E-state index >= 15 is 0 Å². The highest BCUT2D eigenvalue weighted by Gasteiger charge is 2.16. The molecule has 8 nitrogen and oxygen atoms in total. The van der Waals surface area contributed by atoms with E-state index in [1.54, 1.807) is 31.2 Å². The minimum absolute atomic E-state index is 0.187. The summed E-state index contributed by atoms with van der Waals surface area (Å²) in [4.78, 5) is 35.2. The molecule has 8 heteroatoms. The smallest absolute Gasteiger partial charge is 0.338 e. The van der Waals surface area contributed by atoms with Crippen molar-refractivity contribution in [2.75, 3.05) is 31.5 Å². The molecule has 0 saturated carbocycles. The first-order valence-corrected chi connectivity index (χ1v) is 8.41. The van der Waals surface area contributed by atoms with Gasteiger partial charge in [0.05, 0.1) is 19.8 Å². The van der Waals surface area contributed by atoms with Gasteiger partial charge in [-0.25, -0.2) is 4.79 Å². The normalized spacial score (nSPS) is 10.0. The summed E-state index contributed by atoms with van der Waals surface area (Å²) in [6.45, 7) is 2.76. The van der Waals surface area contributed by atoms with E-state index in [-0.39, 0.29) is 11.5 Å². The van der Waals surface area contributed by atoms with Gasteiger partial charge in [-0.1, -0.05) is 0 Å². The summed E-state index contributed by atoms with van der Waals surface area (Å²) < 4.78 is 15.5. The Balaban J connectivity index is 1.95. The quantitative estimate of drug-likeness (QED) is 0.710. The van der Waals surface area contributed by atoms with Crippen LogP contribution >= 0.6 is 0 Å². The van der Waals surface area contributed by atoms with E-state index in [9.17, 15) is 14.4 Å². The van der Waals surface area contributed by atoms with Crippen molar-refractivity contribution in [2.24, 2.45) is 0 Å². The Hall–Kier alpha value is -3.55. The van der Waals surface area contributed by atoms with Crippen molar-refractivity contribution in [3.05, 3.63) is 47.5 Å². The number of hydrogen-bond acceptors (Lipinski definition) is 6. The van der Waals surface area contributed by atoms with Gasteiger partial charge in [0.2, 0.25) is 5.91 Å². The van der Waals surface area contributed by atoms with Crippen LogP contribution in [0.25, 0.3) is 0 Å². The van der Waals surface area contributed by atoms with E-state index in [0.717, 1.165) is 5.56 Å². The van der Waals surface area contributed by atoms with Gasteiger partial charge in [-0.05, 0) is 43.3 Å². The van der Waals surface area contributed by atoms with Gasteiger partial charge < -0.3 is 24.8 Å². The molecular weight excluding hydrogens is 364 g/mol. The van der Waals surface area contributed by atoms with E-state index in [0.29, 0.717) is 22.9 Å². The predicted octanol–water partition coefficient (Wildman–Crippen LogP) is 2.77. The lowest BCUT2D eigenvalue weighted by molar-refractivity contribution is -0.119. The second-order valence-corrected chi connectivity index (χ2v) is 5.89. The van der Waals surface area contributed by atoms with Crippen molar-refractivity contribution in [3.8, 4) is 11.5 Å². The Bertz CT molecular complexity index is 852. The number of esters is 1. The summed E-state index contributed by atoms with van der Waals surface area (Å²) in [5, 5.41) is 5.23. The minimum Gasteiger partial charge on any atom is -0.496 e. The number of anilines is 2. The number of rotatable bonds is 7. The second-order valence-electron chi connectivity index (χ2n) is 5.89. The summed E-state index contributed by atoms with van der Waals surface area (Å²) in [7, 11) is 2.98. The predicted molar refractivity (Wildman–Crippen MR) is 104 cm³/mol. The fraction of sp³-hybridized carbons (Fsp3) is 0.250. The minimum atomic E-state index is -0.673. The topological polar surface area (TPSA) is 103 Å². The van der Waals surface area contributed by atoms with E-state index in [2.05, 4.69) is 10.6 Å². The van der Waals surface area contributed by atoms with Crippen molar-refractivity contribution >= 4 is 29.2 Å². The summed E-state index contributed by atoms with van der Waals surface area (Å²) in [6, 6.07) is 9.60. The van der Waals surface area contributed by atoms with E-state index in [1.807, 2.05) is 0 Å². The maximum Gasteiger partial charge on any atom is 0.338 e.